The van der Waals surface area contributed by atoms with Crippen molar-refractivity contribution in [2.24, 2.45) is 0 Å². The highest BCUT2D eigenvalue weighted by Gasteiger charge is 2.26. The van der Waals surface area contributed by atoms with Crippen LogP contribution >= 0.6 is 10.3 Å². The molecule has 1 aromatic rings. The molecule has 1 aromatic carbocycles. The van der Waals surface area contributed by atoms with Gasteiger partial charge in [-0.05, 0) is 63.5 Å². The Balaban J connectivity index is 3.16. The second kappa shape index (κ2) is 8.39. The minimum atomic E-state index is -4.05. The van der Waals surface area contributed by atoms with Crippen LogP contribution in [0.1, 0.15) is 25.0 Å². The number of carbonyl (C=O) groups excluding carboxylic acids is 1. The third-order valence-electron chi connectivity index (χ3n) is 3.67. The van der Waals surface area contributed by atoms with Crippen molar-refractivity contribution >= 4 is 26.8 Å². The van der Waals surface area contributed by atoms with Crippen LogP contribution in [-0.2, 0) is 18.2 Å². The van der Waals surface area contributed by atoms with Gasteiger partial charge in [-0.15, -0.1) is 0 Å². The van der Waals surface area contributed by atoms with Gasteiger partial charge in [0.15, 0.2) is 0 Å². The van der Waals surface area contributed by atoms with Gasteiger partial charge in [0.25, 0.3) is 0 Å². The molecule has 1 amide bonds. The molecule has 0 spiro atoms. The van der Waals surface area contributed by atoms with Crippen LogP contribution in [0.5, 0.6) is 5.75 Å². The van der Waals surface area contributed by atoms with Crippen molar-refractivity contribution in [2.45, 2.75) is 32.6 Å². The van der Waals surface area contributed by atoms with Gasteiger partial charge in [0, 0.05) is 18.0 Å². The summed E-state index contributed by atoms with van der Waals surface area (Å²) >= 11 is 0. The van der Waals surface area contributed by atoms with Gasteiger partial charge in [-0.1, -0.05) is 10.3 Å². The van der Waals surface area contributed by atoms with E-state index >= 15 is 0 Å². The van der Waals surface area contributed by atoms with Crippen LogP contribution in [0.3, 0.4) is 0 Å². The molecule has 0 radical (unpaired) electrons. The Bertz CT molecular complexity index is 703. The van der Waals surface area contributed by atoms with Crippen LogP contribution in [0.4, 0.5) is 4.79 Å². The summed E-state index contributed by atoms with van der Waals surface area (Å²) in [7, 11) is -5.11. The molecule has 144 valence electrons. The molecule has 0 atom stereocenters. The molecule has 25 heavy (non-hydrogen) atoms. The van der Waals surface area contributed by atoms with Gasteiger partial charge < -0.3 is 9.64 Å². The first-order valence-electron chi connectivity index (χ1n) is 7.80. The van der Waals surface area contributed by atoms with Crippen LogP contribution in [0.25, 0.3) is 0 Å². The van der Waals surface area contributed by atoms with E-state index < -0.39 is 26.8 Å². The minimum Gasteiger partial charge on any atom is -0.410 e. The number of benzene rings is 1. The summed E-state index contributed by atoms with van der Waals surface area (Å²) < 4.78 is 38.3. The van der Waals surface area contributed by atoms with E-state index in [1.165, 1.54) is 0 Å². The fourth-order valence-corrected chi connectivity index (χ4v) is 5.39. The standard InChI is InChI=1S/C16H27NO6S2/c1-8-17(9-2)16(18)22-15-12(3)10-14(11-13(15)4)24(6,7)23-25(19,20)21-5/h10-11H,8-9H2,1-7H3. The molecule has 0 aliphatic heterocycles. The molecule has 0 unspecified atom stereocenters. The first-order chi connectivity index (χ1) is 11.5. The Morgan fingerprint density at radius 3 is 1.96 bits per heavy atom. The second-order valence-electron chi connectivity index (χ2n) is 5.80. The Hall–Kier alpha value is -1.29. The maximum absolute atomic E-state index is 12.2. The summed E-state index contributed by atoms with van der Waals surface area (Å²) in [6.07, 6.45) is 3.01. The van der Waals surface area contributed by atoms with Gasteiger partial charge in [-0.3, -0.25) is 4.18 Å². The second-order valence-corrected chi connectivity index (χ2v) is 10.4. The van der Waals surface area contributed by atoms with Gasteiger partial charge >= 0.3 is 16.5 Å². The van der Waals surface area contributed by atoms with E-state index in [0.717, 1.165) is 18.2 Å². The van der Waals surface area contributed by atoms with Crippen LogP contribution in [0, 0.1) is 13.8 Å². The molecule has 0 saturated carbocycles. The van der Waals surface area contributed by atoms with E-state index in [9.17, 15) is 13.2 Å². The molecular formula is C16H27NO6S2. The first kappa shape index (κ1) is 21.8. The summed E-state index contributed by atoms with van der Waals surface area (Å²) in [5, 5.41) is 0. The molecule has 7 nitrogen and oxygen atoms in total. The van der Waals surface area contributed by atoms with Crippen molar-refractivity contribution in [3.8, 4) is 5.75 Å². The molecule has 0 aromatic heterocycles. The summed E-state index contributed by atoms with van der Waals surface area (Å²) in [5.74, 6) is 0.477. The quantitative estimate of drug-likeness (QED) is 0.706. The Labute approximate surface area is 152 Å². The highest BCUT2D eigenvalue weighted by atomic mass is 32.3. The highest BCUT2D eigenvalue weighted by molar-refractivity contribution is 8.31. The number of carbonyl (C=O) groups is 1. The number of nitrogens with zero attached hydrogens (tertiary/aromatic N) is 1. The van der Waals surface area contributed by atoms with E-state index in [0.29, 0.717) is 23.7 Å². The highest BCUT2D eigenvalue weighted by Crippen LogP contribution is 2.53. The topological polar surface area (TPSA) is 82.1 Å². The van der Waals surface area contributed by atoms with E-state index in [1.807, 2.05) is 27.7 Å². The lowest BCUT2D eigenvalue weighted by Gasteiger charge is -2.30. The van der Waals surface area contributed by atoms with Gasteiger partial charge in [-0.25, -0.2) is 4.79 Å². The van der Waals surface area contributed by atoms with Crippen LogP contribution < -0.4 is 4.74 Å². The zero-order chi connectivity index (χ0) is 19.4. The van der Waals surface area contributed by atoms with Crippen molar-refractivity contribution in [3.63, 3.8) is 0 Å². The molecule has 9 heteroatoms. The minimum absolute atomic E-state index is 0.409. The molecule has 0 aliphatic rings. The van der Waals surface area contributed by atoms with Crippen LogP contribution in [-0.4, -0.2) is 52.1 Å². The van der Waals surface area contributed by atoms with Gasteiger partial charge in [0.2, 0.25) is 0 Å². The fourth-order valence-electron chi connectivity index (χ4n) is 2.26. The molecule has 0 aliphatic carbocycles. The summed E-state index contributed by atoms with van der Waals surface area (Å²) in [4.78, 5) is 14.5. The van der Waals surface area contributed by atoms with Gasteiger partial charge in [0.1, 0.15) is 5.75 Å². The van der Waals surface area contributed by atoms with Gasteiger partial charge in [-0.2, -0.15) is 12.0 Å². The summed E-state index contributed by atoms with van der Waals surface area (Å²) in [6.45, 7) is 8.50. The van der Waals surface area contributed by atoms with E-state index in [2.05, 4.69) is 4.18 Å². The third-order valence-corrected chi connectivity index (χ3v) is 7.48. The Morgan fingerprint density at radius 1 is 1.08 bits per heavy atom. The third kappa shape index (κ3) is 5.60. The Morgan fingerprint density at radius 2 is 1.56 bits per heavy atom. The van der Waals surface area contributed by atoms with Crippen molar-refractivity contribution in [2.75, 3.05) is 32.7 Å². The average molecular weight is 394 g/mol. The normalized spacial score (nSPS) is 12.8. The smallest absolute Gasteiger partial charge is 0.410 e. The fraction of sp³-hybridized carbons (Fsp3) is 0.562. The number of amides is 1. The number of aryl methyl sites for hydroxylation is 2. The zero-order valence-corrected chi connectivity index (χ0v) is 17.4. The van der Waals surface area contributed by atoms with Crippen LogP contribution in [0.15, 0.2) is 17.0 Å². The van der Waals surface area contributed by atoms with E-state index in [-0.39, 0.29) is 0 Å². The van der Waals surface area contributed by atoms with Crippen molar-refractivity contribution in [3.05, 3.63) is 23.3 Å². The maximum atomic E-state index is 12.2. The molecule has 0 saturated heterocycles. The van der Waals surface area contributed by atoms with Crippen molar-refractivity contribution < 1.29 is 25.8 Å². The lowest BCUT2D eigenvalue weighted by molar-refractivity contribution is 0.156. The molecule has 0 fully saturated rings. The lowest BCUT2D eigenvalue weighted by Crippen LogP contribution is -2.33. The van der Waals surface area contributed by atoms with Crippen molar-refractivity contribution in [1.29, 1.82) is 0 Å². The van der Waals surface area contributed by atoms with Crippen molar-refractivity contribution in [1.82, 2.24) is 4.90 Å². The summed E-state index contributed by atoms with van der Waals surface area (Å²) in [6, 6.07) is 3.55. The number of rotatable bonds is 7. The number of hydrogen-bond acceptors (Lipinski definition) is 6. The number of ether oxygens (including phenoxy) is 1. The predicted molar refractivity (Wildman–Crippen MR) is 99.6 cm³/mol. The monoisotopic (exact) mass is 393 g/mol. The number of hydrogen-bond donors (Lipinski definition) is 0. The molecule has 0 bridgehead atoms. The van der Waals surface area contributed by atoms with Crippen LogP contribution in [0.2, 0.25) is 0 Å². The zero-order valence-electron chi connectivity index (χ0n) is 15.8. The summed E-state index contributed by atoms with van der Waals surface area (Å²) in [5.41, 5.74) is 1.46. The van der Waals surface area contributed by atoms with Gasteiger partial charge in [0.05, 0.1) is 7.11 Å². The van der Waals surface area contributed by atoms with E-state index in [1.54, 1.807) is 29.5 Å². The molecule has 0 N–H and O–H groups in total. The largest absolute Gasteiger partial charge is 0.415 e. The van der Waals surface area contributed by atoms with E-state index in [4.69, 9.17) is 8.37 Å². The molecule has 1 rings (SSSR count). The predicted octanol–water partition coefficient (Wildman–Crippen LogP) is 3.39. The lowest BCUT2D eigenvalue weighted by atomic mass is 10.1. The Kier molecular flexibility index (Phi) is 7.30. The molecule has 0 heterocycles. The maximum Gasteiger partial charge on any atom is 0.415 e. The SMILES string of the molecule is CCN(CC)C(=O)Oc1c(C)cc(S(C)(C)OS(=O)(=O)OC)cc1C. The first-order valence-corrected chi connectivity index (χ1v) is 11.5. The molecular weight excluding hydrogens is 366 g/mol. The average Bonchev–Trinajstić information content (AvgIpc) is 2.51.